The van der Waals surface area contributed by atoms with Gasteiger partial charge in [-0.05, 0) is 24.3 Å². The number of para-hydroxylation sites is 2. The van der Waals surface area contributed by atoms with Gasteiger partial charge in [0, 0.05) is 17.1 Å². The summed E-state index contributed by atoms with van der Waals surface area (Å²) in [4.78, 5) is 21.0. The highest BCUT2D eigenvalue weighted by molar-refractivity contribution is 6.08. The van der Waals surface area contributed by atoms with Crippen LogP contribution >= 0.6 is 0 Å². The van der Waals surface area contributed by atoms with Crippen molar-refractivity contribution in [2.45, 2.75) is 6.42 Å². The molecule has 6 nitrogen and oxygen atoms in total. The molecule has 2 aromatic carbocycles. The molecule has 2 aromatic heterocycles. The summed E-state index contributed by atoms with van der Waals surface area (Å²) in [6.45, 7) is 0. The third-order valence-electron chi connectivity index (χ3n) is 4.41. The maximum atomic E-state index is 13.9. The number of amides is 1. The molecule has 7 heteroatoms. The molecule has 2 N–H and O–H groups in total. The van der Waals surface area contributed by atoms with Crippen molar-refractivity contribution in [2.75, 3.05) is 10.6 Å². The number of hydrogen-bond donors (Lipinski definition) is 2. The quantitative estimate of drug-likeness (QED) is 0.558. The molecule has 0 unspecified atom stereocenters. The lowest BCUT2D eigenvalue weighted by molar-refractivity contribution is -0.115. The first-order valence-corrected chi connectivity index (χ1v) is 8.38. The molecule has 0 saturated heterocycles. The Balaban J connectivity index is 1.66. The summed E-state index contributed by atoms with van der Waals surface area (Å²) in [6.07, 6.45) is 1.70. The Morgan fingerprint density at radius 1 is 1.11 bits per heavy atom. The molecular formula is C20H13FN4O2. The highest BCUT2D eigenvalue weighted by atomic mass is 19.1. The lowest BCUT2D eigenvalue weighted by Gasteiger charge is -2.08. The van der Waals surface area contributed by atoms with Crippen molar-refractivity contribution in [1.82, 2.24) is 9.97 Å². The van der Waals surface area contributed by atoms with Gasteiger partial charge >= 0.3 is 0 Å². The number of nitrogens with one attached hydrogen (secondary N) is 2. The minimum absolute atomic E-state index is 0.133. The van der Waals surface area contributed by atoms with Crippen molar-refractivity contribution >= 4 is 34.2 Å². The van der Waals surface area contributed by atoms with E-state index in [2.05, 4.69) is 20.6 Å². The zero-order valence-corrected chi connectivity index (χ0v) is 14.0. The Bertz CT molecular complexity index is 1200. The van der Waals surface area contributed by atoms with Crippen molar-refractivity contribution in [2.24, 2.45) is 0 Å². The lowest BCUT2D eigenvalue weighted by Crippen LogP contribution is -2.12. The predicted octanol–water partition coefficient (Wildman–Crippen LogP) is 4.27. The van der Waals surface area contributed by atoms with Crippen LogP contribution in [0.25, 0.3) is 22.4 Å². The molecule has 0 saturated carbocycles. The van der Waals surface area contributed by atoms with Gasteiger partial charge in [-0.25, -0.2) is 14.4 Å². The van der Waals surface area contributed by atoms with Crippen LogP contribution in [0.2, 0.25) is 0 Å². The summed E-state index contributed by atoms with van der Waals surface area (Å²) in [7, 11) is 0. The third kappa shape index (κ3) is 2.60. The fourth-order valence-electron chi connectivity index (χ4n) is 3.17. The number of halogens is 1. The van der Waals surface area contributed by atoms with Crippen LogP contribution in [0, 0.1) is 5.82 Å². The van der Waals surface area contributed by atoms with Gasteiger partial charge in [0.1, 0.15) is 17.1 Å². The molecule has 4 aromatic rings. The molecule has 0 spiro atoms. The van der Waals surface area contributed by atoms with Crippen LogP contribution in [-0.4, -0.2) is 15.9 Å². The highest BCUT2D eigenvalue weighted by Crippen LogP contribution is 2.40. The Labute approximate surface area is 153 Å². The van der Waals surface area contributed by atoms with E-state index < -0.39 is 5.82 Å². The average Bonchev–Trinajstić information content (AvgIpc) is 2.96. The topological polar surface area (TPSA) is 80.1 Å². The molecule has 0 radical (unpaired) electrons. The van der Waals surface area contributed by atoms with Gasteiger partial charge in [-0.3, -0.25) is 4.79 Å². The first kappa shape index (κ1) is 15.5. The second kappa shape index (κ2) is 5.91. The van der Waals surface area contributed by atoms with Gasteiger partial charge in [-0.15, -0.1) is 0 Å². The Kier molecular flexibility index (Phi) is 3.39. The van der Waals surface area contributed by atoms with Crippen molar-refractivity contribution in [3.8, 4) is 11.5 Å². The van der Waals surface area contributed by atoms with E-state index >= 15 is 0 Å². The first-order chi connectivity index (χ1) is 13.2. The number of benzene rings is 2. The third-order valence-corrected chi connectivity index (χ3v) is 4.41. The summed E-state index contributed by atoms with van der Waals surface area (Å²) < 4.78 is 19.9. The van der Waals surface area contributed by atoms with Crippen molar-refractivity contribution in [1.29, 1.82) is 0 Å². The maximum absolute atomic E-state index is 13.9. The lowest BCUT2D eigenvalue weighted by atomic mass is 10.1. The summed E-state index contributed by atoms with van der Waals surface area (Å²) in [5, 5.41) is 6.57. The van der Waals surface area contributed by atoms with Crippen LogP contribution in [-0.2, 0) is 11.2 Å². The van der Waals surface area contributed by atoms with Crippen LogP contribution in [0.3, 0.4) is 0 Å². The van der Waals surface area contributed by atoms with Gasteiger partial charge < -0.3 is 15.1 Å². The standard InChI is InChI=1S/C20H13FN4O2/c21-13-6-2-3-7-14(13)23-20-22-10-11-9-16(26)24-18-12-5-1-4-8-15(12)27-19(18)17(11)25-20/h1-8,10H,9H2,(H,24,26)(H,22,23,25). The number of nitrogens with zero attached hydrogens (tertiary/aromatic N) is 2. The van der Waals surface area contributed by atoms with Gasteiger partial charge in [0.2, 0.25) is 11.9 Å². The second-order valence-corrected chi connectivity index (χ2v) is 6.20. The smallest absolute Gasteiger partial charge is 0.229 e. The Morgan fingerprint density at radius 2 is 1.93 bits per heavy atom. The van der Waals surface area contributed by atoms with Crippen LogP contribution in [0.4, 0.5) is 21.7 Å². The predicted molar refractivity (Wildman–Crippen MR) is 99.3 cm³/mol. The maximum Gasteiger partial charge on any atom is 0.229 e. The molecule has 0 bridgehead atoms. The van der Waals surface area contributed by atoms with Gasteiger partial charge in [-0.2, -0.15) is 0 Å². The molecule has 3 heterocycles. The number of hydrogen-bond acceptors (Lipinski definition) is 5. The second-order valence-electron chi connectivity index (χ2n) is 6.20. The molecule has 0 fully saturated rings. The monoisotopic (exact) mass is 360 g/mol. The number of carbonyl (C=O) groups excluding carboxylic acids is 1. The van der Waals surface area contributed by atoms with E-state index in [1.54, 1.807) is 24.4 Å². The number of fused-ring (bicyclic) bond motifs is 5. The summed E-state index contributed by atoms with van der Waals surface area (Å²) in [5.41, 5.74) is 2.66. The summed E-state index contributed by atoms with van der Waals surface area (Å²) in [6, 6.07) is 13.7. The Hall–Kier alpha value is -3.74. The largest absolute Gasteiger partial charge is 0.452 e. The molecule has 5 rings (SSSR count). The van der Waals surface area contributed by atoms with E-state index in [4.69, 9.17) is 4.42 Å². The van der Waals surface area contributed by atoms with Crippen LogP contribution in [0.15, 0.2) is 59.1 Å². The highest BCUT2D eigenvalue weighted by Gasteiger charge is 2.26. The van der Waals surface area contributed by atoms with Gasteiger partial charge in [0.05, 0.1) is 17.8 Å². The van der Waals surface area contributed by atoms with Crippen molar-refractivity contribution < 1.29 is 13.6 Å². The van der Waals surface area contributed by atoms with Gasteiger partial charge in [-0.1, -0.05) is 24.3 Å². The first-order valence-electron chi connectivity index (χ1n) is 8.38. The van der Waals surface area contributed by atoms with Gasteiger partial charge in [0.25, 0.3) is 0 Å². The van der Waals surface area contributed by atoms with Gasteiger partial charge in [0.15, 0.2) is 5.76 Å². The molecule has 1 aliphatic rings. The number of rotatable bonds is 2. The average molecular weight is 360 g/mol. The zero-order valence-electron chi connectivity index (χ0n) is 14.0. The molecule has 132 valence electrons. The fourth-order valence-corrected chi connectivity index (χ4v) is 3.17. The Morgan fingerprint density at radius 3 is 2.81 bits per heavy atom. The number of furan rings is 1. The normalized spacial score (nSPS) is 12.9. The summed E-state index contributed by atoms with van der Waals surface area (Å²) in [5.74, 6) is 0.118. The van der Waals surface area contributed by atoms with E-state index in [-0.39, 0.29) is 24.0 Å². The zero-order chi connectivity index (χ0) is 18.4. The summed E-state index contributed by atoms with van der Waals surface area (Å²) >= 11 is 0. The van der Waals surface area contributed by atoms with E-state index in [0.29, 0.717) is 28.3 Å². The molecular weight excluding hydrogens is 347 g/mol. The van der Waals surface area contributed by atoms with Crippen LogP contribution < -0.4 is 10.6 Å². The van der Waals surface area contributed by atoms with Crippen LogP contribution in [0.5, 0.6) is 0 Å². The van der Waals surface area contributed by atoms with E-state index in [1.807, 2.05) is 24.3 Å². The van der Waals surface area contributed by atoms with Crippen molar-refractivity contribution in [3.63, 3.8) is 0 Å². The molecule has 0 atom stereocenters. The minimum Gasteiger partial charge on any atom is -0.452 e. The van der Waals surface area contributed by atoms with E-state index in [0.717, 1.165) is 5.39 Å². The fraction of sp³-hybridized carbons (Fsp3) is 0.0500. The van der Waals surface area contributed by atoms with E-state index in [1.165, 1.54) is 6.07 Å². The number of carbonyl (C=O) groups is 1. The van der Waals surface area contributed by atoms with Crippen molar-refractivity contribution in [3.05, 3.63) is 66.1 Å². The molecule has 1 amide bonds. The number of anilines is 3. The molecule has 1 aliphatic heterocycles. The van der Waals surface area contributed by atoms with Crippen LogP contribution in [0.1, 0.15) is 5.56 Å². The van der Waals surface area contributed by atoms with E-state index in [9.17, 15) is 9.18 Å². The SMILES string of the molecule is O=C1Cc2cnc(Nc3ccccc3F)nc2-c2oc3ccccc3c2N1. The minimum atomic E-state index is -0.405. The number of aromatic nitrogens is 2. The molecule has 27 heavy (non-hydrogen) atoms. The molecule has 0 aliphatic carbocycles.